The van der Waals surface area contributed by atoms with E-state index in [0.717, 1.165) is 6.26 Å². The first-order valence-electron chi connectivity index (χ1n) is 5.98. The quantitative estimate of drug-likeness (QED) is 0.648. The summed E-state index contributed by atoms with van der Waals surface area (Å²) in [7, 11) is -1.74. The third kappa shape index (κ3) is 8.43. The first-order valence-corrected chi connectivity index (χ1v) is 7.83. The number of carbonyl (C=O) groups excluding carboxylic acids is 1. The van der Waals surface area contributed by atoms with Crippen LogP contribution in [0.1, 0.15) is 20.3 Å². The van der Waals surface area contributed by atoms with Crippen LogP contribution in [0.2, 0.25) is 0 Å². The SMILES string of the molecule is COCCN(CCNC(=O)CC(C)C)S(C)(=O)=O. The maximum absolute atomic E-state index is 11.4. The summed E-state index contributed by atoms with van der Waals surface area (Å²) in [4.78, 5) is 11.4. The summed E-state index contributed by atoms with van der Waals surface area (Å²) in [6.07, 6.45) is 1.61. The van der Waals surface area contributed by atoms with Crippen molar-refractivity contribution in [3.8, 4) is 0 Å². The molecule has 1 amide bonds. The van der Waals surface area contributed by atoms with Gasteiger partial charge in [0.05, 0.1) is 12.9 Å². The molecule has 7 heteroatoms. The summed E-state index contributed by atoms with van der Waals surface area (Å²) < 4.78 is 29.0. The van der Waals surface area contributed by atoms with Crippen LogP contribution in [0.5, 0.6) is 0 Å². The van der Waals surface area contributed by atoms with Crippen molar-refractivity contribution < 1.29 is 17.9 Å². The van der Waals surface area contributed by atoms with Gasteiger partial charge in [-0.1, -0.05) is 13.8 Å². The Morgan fingerprint density at radius 2 is 1.94 bits per heavy atom. The fourth-order valence-corrected chi connectivity index (χ4v) is 2.23. The van der Waals surface area contributed by atoms with Crippen LogP contribution in [-0.2, 0) is 19.6 Å². The summed E-state index contributed by atoms with van der Waals surface area (Å²) >= 11 is 0. The number of methoxy groups -OCH3 is 1. The lowest BCUT2D eigenvalue weighted by atomic mass is 10.1. The van der Waals surface area contributed by atoms with Gasteiger partial charge in [-0.15, -0.1) is 0 Å². The molecule has 0 atom stereocenters. The van der Waals surface area contributed by atoms with Gasteiger partial charge in [-0.25, -0.2) is 8.42 Å². The van der Waals surface area contributed by atoms with Gasteiger partial charge in [-0.05, 0) is 5.92 Å². The zero-order valence-corrected chi connectivity index (χ0v) is 12.4. The highest BCUT2D eigenvalue weighted by molar-refractivity contribution is 7.88. The van der Waals surface area contributed by atoms with Crippen LogP contribution in [0.4, 0.5) is 0 Å². The van der Waals surface area contributed by atoms with Crippen LogP contribution in [0.25, 0.3) is 0 Å². The van der Waals surface area contributed by atoms with Crippen LogP contribution in [-0.4, -0.2) is 58.2 Å². The van der Waals surface area contributed by atoms with E-state index in [1.807, 2.05) is 13.8 Å². The van der Waals surface area contributed by atoms with E-state index in [4.69, 9.17) is 4.74 Å². The lowest BCUT2D eigenvalue weighted by molar-refractivity contribution is -0.121. The summed E-state index contributed by atoms with van der Waals surface area (Å²) in [6, 6.07) is 0. The van der Waals surface area contributed by atoms with Crippen molar-refractivity contribution in [2.24, 2.45) is 5.92 Å². The van der Waals surface area contributed by atoms with E-state index in [1.165, 1.54) is 11.4 Å². The van der Waals surface area contributed by atoms with E-state index in [1.54, 1.807) is 0 Å². The van der Waals surface area contributed by atoms with Crippen LogP contribution >= 0.6 is 0 Å². The number of rotatable bonds is 9. The molecule has 18 heavy (non-hydrogen) atoms. The van der Waals surface area contributed by atoms with Crippen molar-refractivity contribution in [2.75, 3.05) is 39.6 Å². The second kappa shape index (κ2) is 8.44. The molecule has 0 heterocycles. The highest BCUT2D eigenvalue weighted by Gasteiger charge is 2.16. The standard InChI is InChI=1S/C11H24N2O4S/c1-10(2)9-11(14)12-5-6-13(7-8-17-3)18(4,15)16/h10H,5-9H2,1-4H3,(H,12,14). The summed E-state index contributed by atoms with van der Waals surface area (Å²) in [5.74, 6) is 0.245. The van der Waals surface area contributed by atoms with Crippen LogP contribution in [0, 0.1) is 5.92 Å². The minimum absolute atomic E-state index is 0.0507. The summed E-state index contributed by atoms with van der Waals surface area (Å²) in [5.41, 5.74) is 0. The Balaban J connectivity index is 4.08. The molecule has 0 aliphatic rings. The van der Waals surface area contributed by atoms with Crippen molar-refractivity contribution >= 4 is 15.9 Å². The molecule has 0 radical (unpaired) electrons. The fraction of sp³-hybridized carbons (Fsp3) is 0.909. The number of carbonyl (C=O) groups is 1. The van der Waals surface area contributed by atoms with E-state index >= 15 is 0 Å². The molecule has 0 fully saturated rings. The van der Waals surface area contributed by atoms with Gasteiger partial charge in [0.15, 0.2) is 0 Å². The molecule has 0 saturated carbocycles. The van der Waals surface area contributed by atoms with Crippen molar-refractivity contribution in [1.29, 1.82) is 0 Å². The highest BCUT2D eigenvalue weighted by atomic mass is 32.2. The maximum atomic E-state index is 11.4. The van der Waals surface area contributed by atoms with Gasteiger partial charge < -0.3 is 10.1 Å². The number of nitrogens with zero attached hydrogens (tertiary/aromatic N) is 1. The van der Waals surface area contributed by atoms with Crippen molar-refractivity contribution in [1.82, 2.24) is 9.62 Å². The number of ether oxygens (including phenoxy) is 1. The summed E-state index contributed by atoms with van der Waals surface area (Å²) in [6.45, 7) is 5.15. The molecule has 0 bridgehead atoms. The van der Waals surface area contributed by atoms with Crippen LogP contribution in [0.15, 0.2) is 0 Å². The first-order chi connectivity index (χ1) is 8.27. The molecule has 0 aromatic heterocycles. The highest BCUT2D eigenvalue weighted by Crippen LogP contribution is 1.99. The van der Waals surface area contributed by atoms with Gasteiger partial charge in [-0.2, -0.15) is 4.31 Å². The number of hydrogen-bond acceptors (Lipinski definition) is 4. The number of nitrogens with one attached hydrogen (secondary N) is 1. The molecule has 0 aliphatic heterocycles. The average Bonchev–Trinajstić information content (AvgIpc) is 2.20. The second-order valence-electron chi connectivity index (χ2n) is 4.60. The molecule has 108 valence electrons. The summed E-state index contributed by atoms with van der Waals surface area (Å²) in [5, 5.41) is 2.71. The van der Waals surface area contributed by atoms with Gasteiger partial charge in [0.2, 0.25) is 15.9 Å². The number of hydrogen-bond donors (Lipinski definition) is 1. The average molecular weight is 280 g/mol. The molecular weight excluding hydrogens is 256 g/mol. The Morgan fingerprint density at radius 3 is 2.39 bits per heavy atom. The van der Waals surface area contributed by atoms with E-state index in [0.29, 0.717) is 32.0 Å². The second-order valence-corrected chi connectivity index (χ2v) is 6.59. The largest absolute Gasteiger partial charge is 0.383 e. The van der Waals surface area contributed by atoms with E-state index in [-0.39, 0.29) is 12.5 Å². The van der Waals surface area contributed by atoms with Gasteiger partial charge in [-0.3, -0.25) is 4.79 Å². The molecule has 0 aromatic rings. The Morgan fingerprint density at radius 1 is 1.33 bits per heavy atom. The van der Waals surface area contributed by atoms with Crippen molar-refractivity contribution in [2.45, 2.75) is 20.3 Å². The third-order valence-corrected chi connectivity index (χ3v) is 3.59. The number of sulfonamides is 1. The topological polar surface area (TPSA) is 75.7 Å². The van der Waals surface area contributed by atoms with Crippen LogP contribution < -0.4 is 5.32 Å². The molecule has 0 aromatic carbocycles. The fourth-order valence-electron chi connectivity index (χ4n) is 1.40. The number of amides is 1. The molecular formula is C11H24N2O4S. The first kappa shape index (κ1) is 17.3. The zero-order valence-electron chi connectivity index (χ0n) is 11.6. The normalized spacial score (nSPS) is 12.1. The predicted octanol–water partition coefficient (Wildman–Crippen LogP) is 0.0567. The maximum Gasteiger partial charge on any atom is 0.220 e. The lowest BCUT2D eigenvalue weighted by Crippen LogP contribution is -2.39. The lowest BCUT2D eigenvalue weighted by Gasteiger charge is -2.19. The van der Waals surface area contributed by atoms with E-state index in [9.17, 15) is 13.2 Å². The van der Waals surface area contributed by atoms with Gasteiger partial charge in [0, 0.05) is 33.2 Å². The minimum Gasteiger partial charge on any atom is -0.383 e. The van der Waals surface area contributed by atoms with Crippen molar-refractivity contribution in [3.63, 3.8) is 0 Å². The Kier molecular flexibility index (Phi) is 8.13. The van der Waals surface area contributed by atoms with Gasteiger partial charge in [0.25, 0.3) is 0 Å². The molecule has 0 rings (SSSR count). The molecule has 0 aliphatic carbocycles. The smallest absolute Gasteiger partial charge is 0.220 e. The predicted molar refractivity (Wildman–Crippen MR) is 70.8 cm³/mol. The minimum atomic E-state index is -3.26. The van der Waals surface area contributed by atoms with E-state index in [2.05, 4.69) is 5.32 Å². The van der Waals surface area contributed by atoms with Gasteiger partial charge in [0.1, 0.15) is 0 Å². The van der Waals surface area contributed by atoms with Gasteiger partial charge >= 0.3 is 0 Å². The zero-order chi connectivity index (χ0) is 14.2. The molecule has 0 saturated heterocycles. The Labute approximate surface area is 110 Å². The molecule has 6 nitrogen and oxygen atoms in total. The van der Waals surface area contributed by atoms with E-state index < -0.39 is 10.0 Å². The van der Waals surface area contributed by atoms with Crippen LogP contribution in [0.3, 0.4) is 0 Å². The molecule has 1 N–H and O–H groups in total. The third-order valence-electron chi connectivity index (χ3n) is 2.29. The Hall–Kier alpha value is -0.660. The molecule has 0 unspecified atom stereocenters. The monoisotopic (exact) mass is 280 g/mol. The Bertz CT molecular complexity index is 341. The molecule has 0 spiro atoms. The van der Waals surface area contributed by atoms with Crippen molar-refractivity contribution in [3.05, 3.63) is 0 Å².